The van der Waals surface area contributed by atoms with Gasteiger partial charge in [-0.2, -0.15) is 5.10 Å². The minimum absolute atomic E-state index is 0.287. The Bertz CT molecular complexity index is 198. The highest BCUT2D eigenvalue weighted by molar-refractivity contribution is 6.58. The maximum Gasteiger partial charge on any atom is 0.510 e. The Morgan fingerprint density at radius 3 is 2.56 bits per heavy atom. The first-order valence-electron chi connectivity index (χ1n) is 2.58. The summed E-state index contributed by atoms with van der Waals surface area (Å²) >= 11 is 0. The smallest absolute Gasteiger partial charge is 0.422 e. The fourth-order valence-electron chi connectivity index (χ4n) is 0.622. The summed E-state index contributed by atoms with van der Waals surface area (Å²) in [6.07, 6.45) is 1.61. The Balaban J connectivity index is 2.94. The van der Waals surface area contributed by atoms with Gasteiger partial charge in [0.2, 0.25) is 0 Å². The van der Waals surface area contributed by atoms with Crippen LogP contribution in [-0.4, -0.2) is 27.4 Å². The molecule has 3 N–H and O–H groups in total. The third kappa shape index (κ3) is 1.12. The summed E-state index contributed by atoms with van der Waals surface area (Å²) in [7, 11) is -1.46. The summed E-state index contributed by atoms with van der Waals surface area (Å²) in [6, 6.07) is 0. The standard InChI is InChI=1S/C4H7BN2O2/c1-3-2-6-7-4(3)5(8)9/h2,8-9H,1H3,(H,6,7). The van der Waals surface area contributed by atoms with E-state index >= 15 is 0 Å². The molecule has 48 valence electrons. The van der Waals surface area contributed by atoms with Crippen LogP contribution in [0.3, 0.4) is 0 Å². The highest BCUT2D eigenvalue weighted by Crippen LogP contribution is 1.85. The van der Waals surface area contributed by atoms with Gasteiger partial charge in [0.05, 0.1) is 5.59 Å². The molecule has 0 radical (unpaired) electrons. The molecule has 0 aliphatic heterocycles. The highest BCUT2D eigenvalue weighted by Gasteiger charge is 2.15. The molecule has 0 fully saturated rings. The van der Waals surface area contributed by atoms with Crippen LogP contribution >= 0.6 is 0 Å². The SMILES string of the molecule is Cc1c[nH]nc1B(O)O. The minimum atomic E-state index is -1.46. The summed E-state index contributed by atoms with van der Waals surface area (Å²) in [5.74, 6) is 0. The summed E-state index contributed by atoms with van der Waals surface area (Å²) in [5.41, 5.74) is 1.04. The molecule has 1 heterocycles. The molecule has 1 aromatic rings. The third-order valence-corrected chi connectivity index (χ3v) is 1.11. The molecule has 1 rings (SSSR count). The van der Waals surface area contributed by atoms with Gasteiger partial charge in [-0.3, -0.25) is 5.10 Å². The van der Waals surface area contributed by atoms with Crippen molar-refractivity contribution in [1.82, 2.24) is 10.2 Å². The van der Waals surface area contributed by atoms with E-state index in [1.54, 1.807) is 13.1 Å². The lowest BCUT2D eigenvalue weighted by Gasteiger charge is -1.90. The van der Waals surface area contributed by atoms with Crippen molar-refractivity contribution < 1.29 is 10.0 Å². The monoisotopic (exact) mass is 126 g/mol. The van der Waals surface area contributed by atoms with Gasteiger partial charge in [0.25, 0.3) is 0 Å². The molecule has 0 bridgehead atoms. The zero-order valence-electron chi connectivity index (χ0n) is 5.00. The fourth-order valence-corrected chi connectivity index (χ4v) is 0.622. The van der Waals surface area contributed by atoms with Gasteiger partial charge in [0.15, 0.2) is 0 Å². The first-order chi connectivity index (χ1) is 4.22. The number of nitrogens with one attached hydrogen (secondary N) is 1. The molecular formula is C4H7BN2O2. The van der Waals surface area contributed by atoms with Gasteiger partial charge in [-0.25, -0.2) is 0 Å². The van der Waals surface area contributed by atoms with Crippen molar-refractivity contribution >= 4 is 12.7 Å². The molecule has 0 aromatic carbocycles. The molecule has 0 saturated heterocycles. The molecule has 5 heteroatoms. The molecule has 1 aromatic heterocycles. The topological polar surface area (TPSA) is 69.1 Å². The van der Waals surface area contributed by atoms with Crippen LogP contribution in [0.2, 0.25) is 0 Å². The molecule has 9 heavy (non-hydrogen) atoms. The molecule has 0 aliphatic rings. The number of rotatable bonds is 1. The predicted molar refractivity (Wildman–Crippen MR) is 33.2 cm³/mol. The van der Waals surface area contributed by atoms with E-state index < -0.39 is 7.12 Å². The number of hydrogen-bond donors (Lipinski definition) is 3. The van der Waals surface area contributed by atoms with Crippen molar-refractivity contribution in [3.05, 3.63) is 11.8 Å². The van der Waals surface area contributed by atoms with E-state index in [9.17, 15) is 0 Å². The molecule has 0 atom stereocenters. The van der Waals surface area contributed by atoms with Crippen molar-refractivity contribution in [1.29, 1.82) is 0 Å². The quantitative estimate of drug-likeness (QED) is 0.397. The van der Waals surface area contributed by atoms with E-state index in [0.717, 1.165) is 5.56 Å². The summed E-state index contributed by atoms with van der Waals surface area (Å²) in [4.78, 5) is 0. The Kier molecular flexibility index (Phi) is 1.55. The van der Waals surface area contributed by atoms with Crippen LogP contribution in [0.15, 0.2) is 6.20 Å². The number of nitrogens with zero attached hydrogens (tertiary/aromatic N) is 1. The number of aromatic amines is 1. The van der Waals surface area contributed by atoms with Gasteiger partial charge < -0.3 is 10.0 Å². The van der Waals surface area contributed by atoms with Crippen molar-refractivity contribution in [3.8, 4) is 0 Å². The summed E-state index contributed by atoms with van der Waals surface area (Å²) in [5, 5.41) is 23.2. The number of aromatic nitrogens is 2. The van der Waals surface area contributed by atoms with Gasteiger partial charge in [0, 0.05) is 6.20 Å². The molecular weight excluding hydrogens is 119 g/mol. The minimum Gasteiger partial charge on any atom is -0.422 e. The van der Waals surface area contributed by atoms with Crippen LogP contribution in [0.5, 0.6) is 0 Å². The average Bonchev–Trinajstić information content (AvgIpc) is 2.13. The molecule has 0 aliphatic carbocycles. The molecule has 0 amide bonds. The lowest BCUT2D eigenvalue weighted by atomic mass is 9.84. The van der Waals surface area contributed by atoms with Gasteiger partial charge in [0.1, 0.15) is 0 Å². The summed E-state index contributed by atoms with van der Waals surface area (Å²) in [6.45, 7) is 1.75. The highest BCUT2D eigenvalue weighted by atomic mass is 16.4. The Morgan fingerprint density at radius 2 is 2.33 bits per heavy atom. The zero-order chi connectivity index (χ0) is 6.85. The Hall–Kier alpha value is -0.805. The maximum absolute atomic E-state index is 8.57. The van der Waals surface area contributed by atoms with Crippen LogP contribution in [-0.2, 0) is 0 Å². The van der Waals surface area contributed by atoms with E-state index in [1.165, 1.54) is 0 Å². The van der Waals surface area contributed by atoms with E-state index in [4.69, 9.17) is 10.0 Å². The number of hydrogen-bond acceptors (Lipinski definition) is 3. The predicted octanol–water partition coefficient (Wildman–Crippen LogP) is -1.60. The summed E-state index contributed by atoms with van der Waals surface area (Å²) < 4.78 is 0. The van der Waals surface area contributed by atoms with Crippen LogP contribution in [0.4, 0.5) is 0 Å². The maximum atomic E-state index is 8.57. The van der Waals surface area contributed by atoms with Crippen molar-refractivity contribution in [2.45, 2.75) is 6.92 Å². The van der Waals surface area contributed by atoms with E-state index in [1.807, 2.05) is 0 Å². The van der Waals surface area contributed by atoms with Crippen LogP contribution < -0.4 is 5.59 Å². The van der Waals surface area contributed by atoms with Gasteiger partial charge >= 0.3 is 7.12 Å². The number of aryl methyl sites for hydroxylation is 1. The van der Waals surface area contributed by atoms with E-state index in [0.29, 0.717) is 0 Å². The van der Waals surface area contributed by atoms with Crippen LogP contribution in [0.25, 0.3) is 0 Å². The van der Waals surface area contributed by atoms with Gasteiger partial charge in [-0.05, 0) is 12.5 Å². The lowest BCUT2D eigenvalue weighted by molar-refractivity contribution is 0.424. The normalized spacial score (nSPS) is 9.67. The van der Waals surface area contributed by atoms with Crippen LogP contribution in [0.1, 0.15) is 5.56 Å². The van der Waals surface area contributed by atoms with Crippen molar-refractivity contribution in [2.75, 3.05) is 0 Å². The second-order valence-electron chi connectivity index (χ2n) is 1.83. The second-order valence-corrected chi connectivity index (χ2v) is 1.83. The third-order valence-electron chi connectivity index (χ3n) is 1.11. The lowest BCUT2D eigenvalue weighted by Crippen LogP contribution is -2.32. The zero-order valence-corrected chi connectivity index (χ0v) is 5.00. The Morgan fingerprint density at radius 1 is 1.67 bits per heavy atom. The largest absolute Gasteiger partial charge is 0.510 e. The number of H-pyrrole nitrogens is 1. The van der Waals surface area contributed by atoms with E-state index in [2.05, 4.69) is 10.2 Å². The van der Waals surface area contributed by atoms with Crippen molar-refractivity contribution in [3.63, 3.8) is 0 Å². The van der Waals surface area contributed by atoms with Crippen molar-refractivity contribution in [2.24, 2.45) is 0 Å². The van der Waals surface area contributed by atoms with Gasteiger partial charge in [-0.15, -0.1) is 0 Å². The Labute approximate surface area is 52.7 Å². The molecule has 0 unspecified atom stereocenters. The van der Waals surface area contributed by atoms with Gasteiger partial charge in [-0.1, -0.05) is 0 Å². The molecule has 0 spiro atoms. The first-order valence-corrected chi connectivity index (χ1v) is 2.58. The molecule has 0 saturated carbocycles. The van der Waals surface area contributed by atoms with Crippen LogP contribution in [0, 0.1) is 6.92 Å². The second kappa shape index (κ2) is 2.20. The first kappa shape index (κ1) is 6.32. The van der Waals surface area contributed by atoms with E-state index in [-0.39, 0.29) is 5.59 Å². The fraction of sp³-hybridized carbons (Fsp3) is 0.250. The average molecular weight is 126 g/mol. The molecule has 4 nitrogen and oxygen atoms in total.